The zero-order valence-electron chi connectivity index (χ0n) is 5.94. The Morgan fingerprint density at radius 2 is 2.55 bits per heavy atom. The molecule has 1 atom stereocenters. The number of amides is 1. The lowest BCUT2D eigenvalue weighted by Gasteiger charge is -1.94. The highest BCUT2D eigenvalue weighted by atomic mass is 32.1. The lowest BCUT2D eigenvalue weighted by Crippen LogP contribution is -2.09. The Kier molecular flexibility index (Phi) is 2.21. The average molecular weight is 172 g/mol. The Morgan fingerprint density at radius 3 is 2.82 bits per heavy atom. The van der Waals surface area contributed by atoms with Gasteiger partial charge in [-0.15, -0.1) is 11.3 Å². The summed E-state index contributed by atoms with van der Waals surface area (Å²) in [5, 5.41) is 9.27. The van der Waals surface area contributed by atoms with Crippen LogP contribution < -0.4 is 5.73 Å². The number of aliphatic hydroxyl groups is 1. The third-order valence-corrected chi connectivity index (χ3v) is 2.33. The molecule has 0 radical (unpaired) electrons. The average Bonchev–Trinajstić information content (AvgIpc) is 2.33. The Hall–Kier alpha value is -0.940. The predicted octanol–water partition coefficient (Wildman–Crippen LogP) is 0.295. The van der Waals surface area contributed by atoms with Crippen LogP contribution in [-0.4, -0.2) is 16.0 Å². The largest absolute Gasteiger partial charge is 0.388 e. The van der Waals surface area contributed by atoms with Crippen LogP contribution in [0.5, 0.6) is 0 Å². The number of nitrogens with two attached hydrogens (primary N) is 1. The molecule has 5 heteroatoms. The van der Waals surface area contributed by atoms with Gasteiger partial charge in [-0.05, 0) is 6.92 Å². The van der Waals surface area contributed by atoms with Crippen molar-refractivity contribution in [2.45, 2.75) is 13.0 Å². The van der Waals surface area contributed by atoms with Gasteiger partial charge in [-0.25, -0.2) is 4.98 Å². The first-order chi connectivity index (χ1) is 5.11. The van der Waals surface area contributed by atoms with E-state index in [1.165, 1.54) is 6.20 Å². The predicted molar refractivity (Wildman–Crippen MR) is 41.3 cm³/mol. The highest BCUT2D eigenvalue weighted by Crippen LogP contribution is 2.19. The molecule has 0 aliphatic rings. The van der Waals surface area contributed by atoms with Crippen molar-refractivity contribution < 1.29 is 9.90 Å². The van der Waals surface area contributed by atoms with Crippen LogP contribution in [0.25, 0.3) is 0 Å². The number of primary amides is 1. The fourth-order valence-electron chi connectivity index (χ4n) is 0.594. The molecule has 1 aromatic heterocycles. The lowest BCUT2D eigenvalue weighted by atomic mass is 10.4. The summed E-state index contributed by atoms with van der Waals surface area (Å²) in [6, 6.07) is 0. The molecule has 0 spiro atoms. The Labute approximate surface area is 67.7 Å². The highest BCUT2D eigenvalue weighted by Gasteiger charge is 2.09. The Balaban J connectivity index is 2.90. The smallest absolute Gasteiger partial charge is 0.277 e. The van der Waals surface area contributed by atoms with Crippen LogP contribution in [-0.2, 0) is 0 Å². The fraction of sp³-hybridized carbons (Fsp3) is 0.333. The summed E-state index contributed by atoms with van der Waals surface area (Å²) in [5.41, 5.74) is 4.95. The van der Waals surface area contributed by atoms with Crippen LogP contribution in [0.1, 0.15) is 27.7 Å². The van der Waals surface area contributed by atoms with E-state index in [-0.39, 0.29) is 5.01 Å². The molecule has 1 heterocycles. The van der Waals surface area contributed by atoms with E-state index in [4.69, 9.17) is 10.8 Å². The molecule has 1 amide bonds. The van der Waals surface area contributed by atoms with Crippen molar-refractivity contribution in [1.82, 2.24) is 4.98 Å². The molecule has 0 saturated heterocycles. The van der Waals surface area contributed by atoms with Gasteiger partial charge in [0, 0.05) is 6.20 Å². The summed E-state index contributed by atoms with van der Waals surface area (Å²) in [6.07, 6.45) is 0.871. The van der Waals surface area contributed by atoms with E-state index in [0.717, 1.165) is 11.3 Å². The van der Waals surface area contributed by atoms with Gasteiger partial charge in [0.25, 0.3) is 5.91 Å². The number of rotatable bonds is 2. The number of aliphatic hydroxyl groups excluding tert-OH is 1. The summed E-state index contributed by atoms with van der Waals surface area (Å²) in [7, 11) is 0. The molecule has 0 bridgehead atoms. The second kappa shape index (κ2) is 2.98. The summed E-state index contributed by atoms with van der Waals surface area (Å²) < 4.78 is 0. The second-order valence-electron chi connectivity index (χ2n) is 2.11. The van der Waals surface area contributed by atoms with Gasteiger partial charge < -0.3 is 10.8 Å². The minimum Gasteiger partial charge on any atom is -0.388 e. The van der Waals surface area contributed by atoms with Crippen LogP contribution in [0, 0.1) is 0 Å². The van der Waals surface area contributed by atoms with Crippen LogP contribution in [0.2, 0.25) is 0 Å². The fourth-order valence-corrected chi connectivity index (χ4v) is 1.30. The van der Waals surface area contributed by atoms with Crippen molar-refractivity contribution in [2.75, 3.05) is 0 Å². The van der Waals surface area contributed by atoms with Gasteiger partial charge in [0.1, 0.15) is 0 Å². The molecule has 1 aromatic rings. The molecule has 1 rings (SSSR count). The topological polar surface area (TPSA) is 76.2 Å². The summed E-state index contributed by atoms with van der Waals surface area (Å²) in [5.74, 6) is -0.554. The zero-order chi connectivity index (χ0) is 8.43. The highest BCUT2D eigenvalue weighted by molar-refractivity contribution is 7.13. The van der Waals surface area contributed by atoms with Crippen molar-refractivity contribution in [1.29, 1.82) is 0 Å². The van der Waals surface area contributed by atoms with Crippen molar-refractivity contribution >= 4 is 17.2 Å². The van der Waals surface area contributed by atoms with Gasteiger partial charge in [-0.3, -0.25) is 4.79 Å². The molecule has 60 valence electrons. The van der Waals surface area contributed by atoms with Crippen molar-refractivity contribution in [3.05, 3.63) is 16.1 Å². The van der Waals surface area contributed by atoms with Gasteiger partial charge in [0.05, 0.1) is 11.0 Å². The van der Waals surface area contributed by atoms with Gasteiger partial charge >= 0.3 is 0 Å². The minimum absolute atomic E-state index is 0.237. The molecule has 4 nitrogen and oxygen atoms in total. The molecule has 0 fully saturated rings. The standard InChI is InChI=1S/C6H8N2O2S/c1-3(9)4-2-8-6(11-4)5(7)10/h2-3,9H,1H3,(H2,7,10). The molecule has 0 aliphatic carbocycles. The van der Waals surface area contributed by atoms with Crippen LogP contribution in [0.15, 0.2) is 6.20 Å². The maximum absolute atomic E-state index is 10.5. The van der Waals surface area contributed by atoms with E-state index in [0.29, 0.717) is 4.88 Å². The second-order valence-corrected chi connectivity index (χ2v) is 3.17. The number of aromatic nitrogens is 1. The molecule has 0 aliphatic heterocycles. The number of carbonyl (C=O) groups is 1. The zero-order valence-corrected chi connectivity index (χ0v) is 6.76. The van der Waals surface area contributed by atoms with Gasteiger partial charge in [-0.1, -0.05) is 0 Å². The third kappa shape index (κ3) is 1.75. The van der Waals surface area contributed by atoms with Crippen molar-refractivity contribution in [3.63, 3.8) is 0 Å². The number of hydrogen-bond acceptors (Lipinski definition) is 4. The van der Waals surface area contributed by atoms with Crippen LogP contribution in [0.3, 0.4) is 0 Å². The molecular formula is C6H8N2O2S. The summed E-state index contributed by atoms with van der Waals surface area (Å²) in [4.78, 5) is 14.9. The van der Waals surface area contributed by atoms with E-state index in [1.54, 1.807) is 6.92 Å². The molecule has 1 unspecified atom stereocenters. The molecular weight excluding hydrogens is 164 g/mol. The van der Waals surface area contributed by atoms with Crippen LogP contribution in [0.4, 0.5) is 0 Å². The van der Waals surface area contributed by atoms with Crippen LogP contribution >= 0.6 is 11.3 Å². The molecule has 0 aromatic carbocycles. The molecule has 11 heavy (non-hydrogen) atoms. The number of nitrogens with zero attached hydrogens (tertiary/aromatic N) is 1. The van der Waals surface area contributed by atoms with E-state index in [2.05, 4.69) is 4.98 Å². The summed E-state index contributed by atoms with van der Waals surface area (Å²) in [6.45, 7) is 1.61. The first-order valence-electron chi connectivity index (χ1n) is 3.05. The van der Waals surface area contributed by atoms with Crippen molar-refractivity contribution in [3.8, 4) is 0 Å². The van der Waals surface area contributed by atoms with E-state index in [9.17, 15) is 4.79 Å². The van der Waals surface area contributed by atoms with Gasteiger partial charge in [0.15, 0.2) is 5.01 Å². The van der Waals surface area contributed by atoms with Crippen molar-refractivity contribution in [2.24, 2.45) is 5.73 Å². The lowest BCUT2D eigenvalue weighted by molar-refractivity contribution is 0.1000. The van der Waals surface area contributed by atoms with E-state index >= 15 is 0 Å². The monoisotopic (exact) mass is 172 g/mol. The first kappa shape index (κ1) is 8.16. The number of thiazole rings is 1. The Bertz CT molecular complexity index is 269. The third-order valence-electron chi connectivity index (χ3n) is 1.15. The first-order valence-corrected chi connectivity index (χ1v) is 3.86. The maximum atomic E-state index is 10.5. The number of carbonyl (C=O) groups excluding carboxylic acids is 1. The normalized spacial score (nSPS) is 12.9. The van der Waals surface area contributed by atoms with Gasteiger partial charge in [-0.2, -0.15) is 0 Å². The van der Waals surface area contributed by atoms with Gasteiger partial charge in [0.2, 0.25) is 0 Å². The Morgan fingerprint density at radius 1 is 1.91 bits per heavy atom. The SMILES string of the molecule is CC(O)c1cnc(C(N)=O)s1. The summed E-state index contributed by atoms with van der Waals surface area (Å²) >= 11 is 1.11. The number of hydrogen-bond donors (Lipinski definition) is 2. The molecule has 3 N–H and O–H groups in total. The minimum atomic E-state index is -0.583. The maximum Gasteiger partial charge on any atom is 0.277 e. The molecule has 0 saturated carbocycles. The van der Waals surface area contributed by atoms with E-state index < -0.39 is 12.0 Å². The quantitative estimate of drug-likeness (QED) is 0.673. The van der Waals surface area contributed by atoms with E-state index in [1.807, 2.05) is 0 Å².